The summed E-state index contributed by atoms with van der Waals surface area (Å²) in [5.41, 5.74) is 2.03. The summed E-state index contributed by atoms with van der Waals surface area (Å²) in [5.74, 6) is -3.79. The Labute approximate surface area is 149 Å². The zero-order valence-electron chi connectivity index (χ0n) is 14.2. The number of rotatable bonds is 3. The van der Waals surface area contributed by atoms with Crippen molar-refractivity contribution in [3.05, 3.63) is 65.2 Å². The summed E-state index contributed by atoms with van der Waals surface area (Å²) in [4.78, 5) is 35.2. The molecule has 1 N–H and O–H groups in total. The van der Waals surface area contributed by atoms with Gasteiger partial charge in [0.15, 0.2) is 0 Å². The average Bonchev–Trinajstić information content (AvgIpc) is 2.58. The highest BCUT2D eigenvalue weighted by molar-refractivity contribution is 6.18. The van der Waals surface area contributed by atoms with Crippen LogP contribution in [0.3, 0.4) is 0 Å². The molecule has 2 aromatic rings. The second kappa shape index (κ2) is 6.48. The molecule has 1 fully saturated rings. The van der Waals surface area contributed by atoms with E-state index in [4.69, 9.17) is 14.6 Å². The van der Waals surface area contributed by atoms with Crippen molar-refractivity contribution < 1.29 is 29.0 Å². The molecule has 0 bridgehead atoms. The summed E-state index contributed by atoms with van der Waals surface area (Å²) in [6.45, 7) is 2.96. The zero-order valence-corrected chi connectivity index (χ0v) is 14.2. The van der Waals surface area contributed by atoms with Gasteiger partial charge in [0.05, 0.1) is 5.56 Å². The summed E-state index contributed by atoms with van der Waals surface area (Å²) < 4.78 is 10.1. The van der Waals surface area contributed by atoms with Crippen LogP contribution in [0.15, 0.2) is 54.1 Å². The molecule has 1 heterocycles. The SMILES string of the molecule is CC1(C)OC(=O)C(=Cc2cccc(-c3cccc(C(=O)O)c3)c2)C(=O)O1. The number of aromatic carboxylic acids is 1. The Kier molecular flexibility index (Phi) is 4.34. The smallest absolute Gasteiger partial charge is 0.348 e. The highest BCUT2D eigenvalue weighted by Gasteiger charge is 2.38. The van der Waals surface area contributed by atoms with Crippen LogP contribution in [-0.2, 0) is 19.1 Å². The van der Waals surface area contributed by atoms with Gasteiger partial charge in [-0.2, -0.15) is 0 Å². The van der Waals surface area contributed by atoms with Crippen molar-refractivity contribution in [3.63, 3.8) is 0 Å². The first kappa shape index (κ1) is 17.4. The molecule has 0 amide bonds. The third-order valence-electron chi connectivity index (χ3n) is 3.76. The summed E-state index contributed by atoms with van der Waals surface area (Å²) in [5, 5.41) is 9.12. The zero-order chi connectivity index (χ0) is 18.9. The van der Waals surface area contributed by atoms with Crippen molar-refractivity contribution in [2.75, 3.05) is 0 Å². The van der Waals surface area contributed by atoms with Crippen LogP contribution in [0.2, 0.25) is 0 Å². The van der Waals surface area contributed by atoms with E-state index in [1.165, 1.54) is 26.0 Å². The molecule has 3 rings (SSSR count). The van der Waals surface area contributed by atoms with E-state index >= 15 is 0 Å². The molecule has 0 aromatic heterocycles. The minimum absolute atomic E-state index is 0.174. The van der Waals surface area contributed by atoms with Crippen molar-refractivity contribution in [1.29, 1.82) is 0 Å². The minimum Gasteiger partial charge on any atom is -0.478 e. The van der Waals surface area contributed by atoms with Gasteiger partial charge in [-0.15, -0.1) is 0 Å². The first-order valence-electron chi connectivity index (χ1n) is 7.87. The fourth-order valence-electron chi connectivity index (χ4n) is 2.58. The standard InChI is InChI=1S/C20H16O6/c1-20(2)25-18(23)16(19(24)26-20)10-12-5-3-6-13(9-12)14-7-4-8-15(11-14)17(21)22/h3-11H,1-2H3,(H,21,22). The van der Waals surface area contributed by atoms with Crippen LogP contribution in [0.25, 0.3) is 17.2 Å². The van der Waals surface area contributed by atoms with Crippen LogP contribution in [-0.4, -0.2) is 28.8 Å². The number of hydrogen-bond donors (Lipinski definition) is 1. The number of carbonyl (C=O) groups is 3. The van der Waals surface area contributed by atoms with Gasteiger partial charge in [0.1, 0.15) is 5.57 Å². The van der Waals surface area contributed by atoms with E-state index < -0.39 is 23.7 Å². The topological polar surface area (TPSA) is 89.9 Å². The van der Waals surface area contributed by atoms with Gasteiger partial charge in [-0.3, -0.25) is 0 Å². The Balaban J connectivity index is 1.95. The van der Waals surface area contributed by atoms with Crippen LogP contribution in [0.4, 0.5) is 0 Å². The van der Waals surface area contributed by atoms with E-state index in [0.29, 0.717) is 11.1 Å². The van der Waals surface area contributed by atoms with Crippen molar-refractivity contribution in [1.82, 2.24) is 0 Å². The Morgan fingerprint density at radius 2 is 1.54 bits per heavy atom. The minimum atomic E-state index is -1.29. The normalized spacial score (nSPS) is 15.8. The van der Waals surface area contributed by atoms with Crippen LogP contribution in [0, 0.1) is 0 Å². The molecule has 6 heteroatoms. The summed E-state index contributed by atoms with van der Waals surface area (Å²) in [7, 11) is 0. The second-order valence-corrected chi connectivity index (χ2v) is 6.25. The Morgan fingerprint density at radius 3 is 2.15 bits per heavy atom. The molecule has 0 atom stereocenters. The molecule has 1 aliphatic heterocycles. The lowest BCUT2D eigenvalue weighted by molar-refractivity contribution is -0.222. The summed E-state index contributed by atoms with van der Waals surface area (Å²) in [6.07, 6.45) is 1.39. The molecule has 0 saturated carbocycles. The molecule has 0 radical (unpaired) electrons. The van der Waals surface area contributed by atoms with Crippen LogP contribution < -0.4 is 0 Å². The Hall–Kier alpha value is -3.41. The van der Waals surface area contributed by atoms with E-state index in [1.807, 2.05) is 6.07 Å². The number of esters is 2. The van der Waals surface area contributed by atoms with E-state index in [2.05, 4.69) is 0 Å². The third-order valence-corrected chi connectivity index (χ3v) is 3.76. The van der Waals surface area contributed by atoms with Crippen LogP contribution in [0.1, 0.15) is 29.8 Å². The summed E-state index contributed by atoms with van der Waals surface area (Å²) in [6, 6.07) is 13.5. The van der Waals surface area contributed by atoms with Gasteiger partial charge in [-0.1, -0.05) is 30.3 Å². The number of carboxylic acid groups (broad SMARTS) is 1. The lowest BCUT2D eigenvalue weighted by atomic mass is 10.00. The van der Waals surface area contributed by atoms with E-state index in [-0.39, 0.29) is 11.1 Å². The maximum Gasteiger partial charge on any atom is 0.348 e. The van der Waals surface area contributed by atoms with Gasteiger partial charge in [-0.25, -0.2) is 14.4 Å². The number of carboxylic acids is 1. The van der Waals surface area contributed by atoms with E-state index in [0.717, 1.165) is 5.56 Å². The predicted molar refractivity (Wildman–Crippen MR) is 93.1 cm³/mol. The van der Waals surface area contributed by atoms with E-state index in [9.17, 15) is 14.4 Å². The van der Waals surface area contributed by atoms with E-state index in [1.54, 1.807) is 36.4 Å². The first-order valence-corrected chi connectivity index (χ1v) is 7.87. The molecule has 1 aliphatic rings. The maximum absolute atomic E-state index is 12.0. The van der Waals surface area contributed by atoms with Gasteiger partial charge in [-0.05, 0) is 41.0 Å². The summed E-state index contributed by atoms with van der Waals surface area (Å²) >= 11 is 0. The molecule has 0 aliphatic carbocycles. The molecule has 26 heavy (non-hydrogen) atoms. The van der Waals surface area contributed by atoms with Crippen molar-refractivity contribution >= 4 is 24.0 Å². The molecule has 6 nitrogen and oxygen atoms in total. The van der Waals surface area contributed by atoms with Crippen molar-refractivity contribution in [2.24, 2.45) is 0 Å². The number of hydrogen-bond acceptors (Lipinski definition) is 5. The van der Waals surface area contributed by atoms with Gasteiger partial charge < -0.3 is 14.6 Å². The Morgan fingerprint density at radius 1 is 0.962 bits per heavy atom. The molecule has 1 saturated heterocycles. The number of carbonyl (C=O) groups excluding carboxylic acids is 2. The van der Waals surface area contributed by atoms with Crippen LogP contribution >= 0.6 is 0 Å². The molecule has 0 spiro atoms. The number of cyclic esters (lactones) is 2. The lowest BCUT2D eigenvalue weighted by Crippen LogP contribution is -2.41. The van der Waals surface area contributed by atoms with Gasteiger partial charge in [0, 0.05) is 13.8 Å². The molecule has 132 valence electrons. The molecule has 2 aromatic carbocycles. The fraction of sp³-hybridized carbons (Fsp3) is 0.150. The van der Waals surface area contributed by atoms with Gasteiger partial charge in [0.25, 0.3) is 5.79 Å². The second-order valence-electron chi connectivity index (χ2n) is 6.25. The predicted octanol–water partition coefficient (Wildman–Crippen LogP) is 3.27. The quantitative estimate of drug-likeness (QED) is 0.518. The van der Waals surface area contributed by atoms with Crippen LogP contribution in [0.5, 0.6) is 0 Å². The maximum atomic E-state index is 12.0. The van der Waals surface area contributed by atoms with Crippen molar-refractivity contribution in [3.8, 4) is 11.1 Å². The first-order chi connectivity index (χ1) is 12.2. The molecule has 0 unspecified atom stereocenters. The Bertz CT molecular complexity index is 917. The van der Waals surface area contributed by atoms with Crippen molar-refractivity contribution in [2.45, 2.75) is 19.6 Å². The lowest BCUT2D eigenvalue weighted by Gasteiger charge is -2.29. The molecular weight excluding hydrogens is 336 g/mol. The van der Waals surface area contributed by atoms with Gasteiger partial charge in [0.2, 0.25) is 0 Å². The highest BCUT2D eigenvalue weighted by Crippen LogP contribution is 2.26. The number of benzene rings is 2. The fourth-order valence-corrected chi connectivity index (χ4v) is 2.58. The third kappa shape index (κ3) is 3.64. The monoisotopic (exact) mass is 352 g/mol. The average molecular weight is 352 g/mol. The number of ether oxygens (including phenoxy) is 2. The largest absolute Gasteiger partial charge is 0.478 e. The van der Waals surface area contributed by atoms with Gasteiger partial charge >= 0.3 is 17.9 Å². The highest BCUT2D eigenvalue weighted by atomic mass is 16.7. The molecular formula is C20H16O6.